The van der Waals surface area contributed by atoms with E-state index in [2.05, 4.69) is 5.32 Å². The molecule has 5 nitrogen and oxygen atoms in total. The van der Waals surface area contributed by atoms with Crippen molar-refractivity contribution in [1.29, 1.82) is 0 Å². The zero-order valence-corrected chi connectivity index (χ0v) is 13.9. The minimum absolute atomic E-state index is 0.0194. The Morgan fingerprint density at radius 2 is 1.96 bits per heavy atom. The van der Waals surface area contributed by atoms with Crippen LogP contribution in [-0.2, 0) is 20.9 Å². The Labute approximate surface area is 141 Å². The van der Waals surface area contributed by atoms with Crippen LogP contribution in [0, 0.1) is 23.7 Å². The molecule has 0 saturated heterocycles. The molecule has 0 aliphatic heterocycles. The van der Waals surface area contributed by atoms with Crippen molar-refractivity contribution in [2.45, 2.75) is 33.0 Å². The number of fused-ring (bicyclic) bond motifs is 2. The molecular weight excluding hydrogens is 306 g/mol. The van der Waals surface area contributed by atoms with Gasteiger partial charge in [-0.25, -0.2) is 0 Å². The molecule has 2 N–H and O–H groups in total. The van der Waals surface area contributed by atoms with E-state index in [1.807, 2.05) is 50.3 Å². The standard InChI is InChI=1S/C19H23NO4/c1-11(2)24-10-12-4-3-5-15(8-12)20-18(21)16-13-6-7-14(9-13)17(16)19(22)23/h3-8,11,13-14,16-17H,9-10H2,1-2H3,(H,20,21)(H,22,23). The van der Waals surface area contributed by atoms with Crippen LogP contribution in [0.2, 0.25) is 0 Å². The highest BCUT2D eigenvalue weighted by atomic mass is 16.5. The fourth-order valence-corrected chi connectivity index (χ4v) is 3.74. The van der Waals surface area contributed by atoms with Gasteiger partial charge in [0.05, 0.1) is 24.5 Å². The highest BCUT2D eigenvalue weighted by Crippen LogP contribution is 2.48. The van der Waals surface area contributed by atoms with Crippen LogP contribution in [0.15, 0.2) is 36.4 Å². The van der Waals surface area contributed by atoms with Crippen LogP contribution in [0.3, 0.4) is 0 Å². The van der Waals surface area contributed by atoms with Gasteiger partial charge in [0.15, 0.2) is 0 Å². The highest BCUT2D eigenvalue weighted by Gasteiger charge is 2.51. The number of aliphatic carboxylic acids is 1. The second kappa shape index (κ2) is 6.77. The number of nitrogens with one attached hydrogen (secondary N) is 1. The van der Waals surface area contributed by atoms with Crippen LogP contribution in [0.5, 0.6) is 0 Å². The van der Waals surface area contributed by atoms with E-state index in [1.165, 1.54) is 0 Å². The minimum Gasteiger partial charge on any atom is -0.481 e. The Morgan fingerprint density at radius 3 is 2.62 bits per heavy atom. The van der Waals surface area contributed by atoms with E-state index in [1.54, 1.807) is 0 Å². The number of rotatable bonds is 6. The van der Waals surface area contributed by atoms with Crippen molar-refractivity contribution in [2.75, 3.05) is 5.32 Å². The van der Waals surface area contributed by atoms with Gasteiger partial charge in [0, 0.05) is 5.69 Å². The Balaban J connectivity index is 1.70. The molecule has 0 aromatic heterocycles. The minimum atomic E-state index is -0.883. The van der Waals surface area contributed by atoms with E-state index in [9.17, 15) is 14.7 Å². The summed E-state index contributed by atoms with van der Waals surface area (Å²) in [5.41, 5.74) is 1.66. The first-order valence-corrected chi connectivity index (χ1v) is 8.38. The molecule has 1 aromatic rings. The average molecular weight is 329 g/mol. The van der Waals surface area contributed by atoms with Gasteiger partial charge in [-0.05, 0) is 49.8 Å². The van der Waals surface area contributed by atoms with Crippen molar-refractivity contribution in [3.8, 4) is 0 Å². The van der Waals surface area contributed by atoms with Crippen molar-refractivity contribution in [2.24, 2.45) is 23.7 Å². The number of anilines is 1. The number of carbonyl (C=O) groups excluding carboxylic acids is 1. The van der Waals surface area contributed by atoms with Crippen LogP contribution in [0.25, 0.3) is 0 Å². The summed E-state index contributed by atoms with van der Waals surface area (Å²) < 4.78 is 5.58. The van der Waals surface area contributed by atoms with E-state index >= 15 is 0 Å². The fourth-order valence-electron chi connectivity index (χ4n) is 3.74. The molecule has 3 rings (SSSR count). The lowest BCUT2D eigenvalue weighted by Gasteiger charge is -2.24. The zero-order chi connectivity index (χ0) is 17.3. The third kappa shape index (κ3) is 3.36. The van der Waals surface area contributed by atoms with Crippen molar-refractivity contribution in [3.63, 3.8) is 0 Å². The Hall–Kier alpha value is -2.14. The van der Waals surface area contributed by atoms with Crippen molar-refractivity contribution in [3.05, 3.63) is 42.0 Å². The number of carbonyl (C=O) groups is 2. The SMILES string of the molecule is CC(C)OCc1cccc(NC(=O)C2C3C=CC(C3)C2C(=O)O)c1. The third-order valence-electron chi connectivity index (χ3n) is 4.83. The first-order chi connectivity index (χ1) is 11.5. The summed E-state index contributed by atoms with van der Waals surface area (Å²) in [4.78, 5) is 24.2. The number of hydrogen-bond donors (Lipinski definition) is 2. The van der Waals surface area contributed by atoms with E-state index in [4.69, 9.17) is 4.74 Å². The van der Waals surface area contributed by atoms with Crippen LogP contribution in [-0.4, -0.2) is 23.1 Å². The largest absolute Gasteiger partial charge is 0.481 e. The maximum atomic E-state index is 12.7. The van der Waals surface area contributed by atoms with Gasteiger partial charge < -0.3 is 15.2 Å². The number of amides is 1. The monoisotopic (exact) mass is 329 g/mol. The Bertz CT molecular complexity index is 667. The fraction of sp³-hybridized carbons (Fsp3) is 0.474. The molecule has 1 saturated carbocycles. The van der Waals surface area contributed by atoms with Gasteiger partial charge in [-0.2, -0.15) is 0 Å². The molecule has 128 valence electrons. The molecule has 4 unspecified atom stereocenters. The Kier molecular flexibility index (Phi) is 4.71. The van der Waals surface area contributed by atoms with Gasteiger partial charge in [0.25, 0.3) is 0 Å². The second-order valence-electron chi connectivity index (χ2n) is 6.89. The molecule has 0 heterocycles. The number of carboxylic acids is 1. The number of hydrogen-bond acceptors (Lipinski definition) is 3. The molecular formula is C19H23NO4. The third-order valence-corrected chi connectivity index (χ3v) is 4.83. The molecule has 24 heavy (non-hydrogen) atoms. The Morgan fingerprint density at radius 1 is 1.25 bits per heavy atom. The van der Waals surface area contributed by atoms with Crippen LogP contribution in [0.4, 0.5) is 5.69 Å². The molecule has 0 spiro atoms. The van der Waals surface area contributed by atoms with E-state index < -0.39 is 17.8 Å². The summed E-state index contributed by atoms with van der Waals surface area (Å²) in [6.45, 7) is 4.43. The maximum Gasteiger partial charge on any atom is 0.307 e. The number of benzene rings is 1. The molecule has 1 amide bonds. The smallest absolute Gasteiger partial charge is 0.307 e. The van der Waals surface area contributed by atoms with Gasteiger partial charge in [-0.3, -0.25) is 9.59 Å². The molecule has 1 aromatic carbocycles. The van der Waals surface area contributed by atoms with E-state index in [0.717, 1.165) is 12.0 Å². The maximum absolute atomic E-state index is 12.7. The van der Waals surface area contributed by atoms with Gasteiger partial charge in [-0.15, -0.1) is 0 Å². The molecule has 2 aliphatic rings. The summed E-state index contributed by atoms with van der Waals surface area (Å²) in [6.07, 6.45) is 4.83. The van der Waals surface area contributed by atoms with Crippen LogP contribution in [0.1, 0.15) is 25.8 Å². The molecule has 0 radical (unpaired) electrons. The first-order valence-electron chi connectivity index (χ1n) is 8.38. The normalized spacial score (nSPS) is 27.6. The molecule has 5 heteroatoms. The second-order valence-corrected chi connectivity index (χ2v) is 6.89. The summed E-state index contributed by atoms with van der Waals surface area (Å²) in [7, 11) is 0. The topological polar surface area (TPSA) is 75.6 Å². The molecule has 1 fully saturated rings. The van der Waals surface area contributed by atoms with Gasteiger partial charge in [0.2, 0.25) is 5.91 Å². The lowest BCUT2D eigenvalue weighted by Crippen LogP contribution is -2.36. The van der Waals surface area contributed by atoms with Gasteiger partial charge in [-0.1, -0.05) is 24.3 Å². The number of carboxylic acid groups (broad SMARTS) is 1. The number of allylic oxidation sites excluding steroid dienone is 2. The summed E-state index contributed by atoms with van der Waals surface area (Å²) >= 11 is 0. The molecule has 2 aliphatic carbocycles. The van der Waals surface area contributed by atoms with E-state index in [0.29, 0.717) is 12.3 Å². The van der Waals surface area contributed by atoms with Crippen LogP contribution < -0.4 is 5.32 Å². The van der Waals surface area contributed by atoms with Crippen molar-refractivity contribution in [1.82, 2.24) is 0 Å². The van der Waals surface area contributed by atoms with E-state index in [-0.39, 0.29) is 23.8 Å². The quantitative estimate of drug-likeness (QED) is 0.787. The van der Waals surface area contributed by atoms with Crippen LogP contribution >= 0.6 is 0 Å². The summed E-state index contributed by atoms with van der Waals surface area (Å²) in [6, 6.07) is 7.50. The average Bonchev–Trinajstić information content (AvgIpc) is 3.14. The zero-order valence-electron chi connectivity index (χ0n) is 13.9. The molecule has 2 bridgehead atoms. The molecule has 4 atom stereocenters. The first kappa shape index (κ1) is 16.7. The number of ether oxygens (including phenoxy) is 1. The predicted molar refractivity (Wildman–Crippen MR) is 90.3 cm³/mol. The summed E-state index contributed by atoms with van der Waals surface area (Å²) in [5.74, 6) is -2.19. The van der Waals surface area contributed by atoms with Crippen molar-refractivity contribution < 1.29 is 19.4 Å². The predicted octanol–water partition coefficient (Wildman–Crippen LogP) is 3.07. The van der Waals surface area contributed by atoms with Crippen molar-refractivity contribution >= 4 is 17.6 Å². The van der Waals surface area contributed by atoms with Gasteiger partial charge in [0.1, 0.15) is 0 Å². The lowest BCUT2D eigenvalue weighted by molar-refractivity contribution is -0.146. The summed E-state index contributed by atoms with van der Waals surface area (Å²) in [5, 5.41) is 12.3. The lowest BCUT2D eigenvalue weighted by atomic mass is 9.82. The highest BCUT2D eigenvalue weighted by molar-refractivity contribution is 5.96. The van der Waals surface area contributed by atoms with Gasteiger partial charge >= 0.3 is 5.97 Å².